The molecule has 0 amide bonds. The van der Waals surface area contributed by atoms with Crippen LogP contribution in [0.5, 0.6) is 0 Å². The van der Waals surface area contributed by atoms with Gasteiger partial charge in [-0.1, -0.05) is 0 Å². The zero-order chi connectivity index (χ0) is 11.1. The van der Waals surface area contributed by atoms with Gasteiger partial charge in [0, 0.05) is 6.07 Å². The average Bonchev–Trinajstić information content (AvgIpc) is 2.27. The largest absolute Gasteiger partial charge is 0.433 e. The Morgan fingerprint density at radius 2 is 1.79 bits per heavy atom. The average molecular weight is 208 g/mol. The van der Waals surface area contributed by atoms with E-state index in [9.17, 15) is 18.0 Å². The van der Waals surface area contributed by atoms with Gasteiger partial charge in [0.15, 0.2) is 0 Å². The second kappa shape index (κ2) is 2.90. The van der Waals surface area contributed by atoms with Gasteiger partial charge in [0.25, 0.3) is 5.56 Å². The molecule has 0 aromatic carbocycles. The van der Waals surface area contributed by atoms with E-state index in [-0.39, 0.29) is 0 Å². The molecule has 0 bridgehead atoms. The summed E-state index contributed by atoms with van der Waals surface area (Å²) in [5.74, 6) is 0. The topological polar surface area (TPSA) is 37.8 Å². The summed E-state index contributed by atoms with van der Waals surface area (Å²) in [6.45, 7) is 4.74. The Morgan fingerprint density at radius 1 is 1.29 bits per heavy atom. The number of halogens is 3. The molecule has 0 fully saturated rings. The molecule has 0 aliphatic heterocycles. The van der Waals surface area contributed by atoms with Crippen LogP contribution in [0.15, 0.2) is 10.9 Å². The van der Waals surface area contributed by atoms with Crippen LogP contribution < -0.4 is 5.56 Å². The maximum Gasteiger partial charge on any atom is 0.433 e. The zero-order valence-corrected chi connectivity index (χ0v) is 8.07. The SMILES string of the molecule is CC(C)(C)n1[nH]c(=O)cc1C(F)(F)F. The predicted molar refractivity (Wildman–Crippen MR) is 45.1 cm³/mol. The van der Waals surface area contributed by atoms with Crippen molar-refractivity contribution in [3.8, 4) is 0 Å². The molecule has 0 radical (unpaired) electrons. The summed E-state index contributed by atoms with van der Waals surface area (Å²) in [5.41, 5.74) is -2.49. The standard InChI is InChI=1S/C8H11F3N2O/c1-7(2,3)13-5(8(9,10)11)4-6(14)12-13/h4H,1-3H3,(H,12,14). The second-order valence-electron chi connectivity index (χ2n) is 4.01. The van der Waals surface area contributed by atoms with Gasteiger partial charge in [0.1, 0.15) is 5.69 Å². The highest BCUT2D eigenvalue weighted by atomic mass is 19.4. The normalized spacial score (nSPS) is 13.3. The van der Waals surface area contributed by atoms with Gasteiger partial charge in [-0.2, -0.15) is 13.2 Å². The maximum atomic E-state index is 12.4. The fourth-order valence-corrected chi connectivity index (χ4v) is 1.13. The summed E-state index contributed by atoms with van der Waals surface area (Å²) < 4.78 is 38.1. The van der Waals surface area contributed by atoms with Gasteiger partial charge in [0.05, 0.1) is 5.54 Å². The fraction of sp³-hybridized carbons (Fsp3) is 0.625. The number of hydrogen-bond donors (Lipinski definition) is 1. The lowest BCUT2D eigenvalue weighted by molar-refractivity contribution is -0.146. The van der Waals surface area contributed by atoms with Crippen LogP contribution in [0.25, 0.3) is 0 Å². The third-order valence-electron chi connectivity index (χ3n) is 1.69. The molecule has 0 aliphatic rings. The lowest BCUT2D eigenvalue weighted by atomic mass is 10.1. The Balaban J connectivity index is 3.38. The first kappa shape index (κ1) is 10.9. The molecule has 1 heterocycles. The molecule has 0 unspecified atom stereocenters. The minimum absolute atomic E-state index is 0.561. The molecule has 0 spiro atoms. The molecule has 3 nitrogen and oxygen atoms in total. The number of aromatic nitrogens is 2. The Kier molecular flexibility index (Phi) is 2.25. The molecule has 14 heavy (non-hydrogen) atoms. The van der Waals surface area contributed by atoms with E-state index in [4.69, 9.17) is 0 Å². The summed E-state index contributed by atoms with van der Waals surface area (Å²) in [6, 6.07) is 0.561. The van der Waals surface area contributed by atoms with Crippen LogP contribution in [0.1, 0.15) is 26.5 Å². The molecule has 6 heteroatoms. The van der Waals surface area contributed by atoms with E-state index in [0.29, 0.717) is 6.07 Å². The molecule has 1 N–H and O–H groups in total. The van der Waals surface area contributed by atoms with Crippen molar-refractivity contribution in [2.75, 3.05) is 0 Å². The summed E-state index contributed by atoms with van der Waals surface area (Å²) >= 11 is 0. The van der Waals surface area contributed by atoms with Crippen molar-refractivity contribution in [1.82, 2.24) is 9.78 Å². The number of nitrogens with one attached hydrogen (secondary N) is 1. The van der Waals surface area contributed by atoms with E-state index in [1.165, 1.54) is 0 Å². The van der Waals surface area contributed by atoms with E-state index in [2.05, 4.69) is 5.10 Å². The first-order valence-electron chi connectivity index (χ1n) is 4.02. The van der Waals surface area contributed by atoms with Crippen LogP contribution in [-0.4, -0.2) is 9.78 Å². The summed E-state index contributed by atoms with van der Waals surface area (Å²) in [4.78, 5) is 10.8. The lowest BCUT2D eigenvalue weighted by Crippen LogP contribution is -2.29. The molecular weight excluding hydrogens is 197 g/mol. The first-order chi connectivity index (χ1) is 6.12. The minimum atomic E-state index is -4.51. The smallest absolute Gasteiger partial charge is 0.275 e. The first-order valence-corrected chi connectivity index (χ1v) is 4.02. The van der Waals surface area contributed by atoms with Crippen molar-refractivity contribution in [3.05, 3.63) is 22.1 Å². The van der Waals surface area contributed by atoms with Gasteiger partial charge in [0.2, 0.25) is 0 Å². The molecule has 1 aromatic rings. The van der Waals surface area contributed by atoms with E-state index < -0.39 is 23.0 Å². The van der Waals surface area contributed by atoms with Crippen molar-refractivity contribution in [1.29, 1.82) is 0 Å². The molecule has 1 aromatic heterocycles. The quantitative estimate of drug-likeness (QED) is 0.695. The molecule has 0 saturated carbocycles. The molecule has 0 atom stereocenters. The lowest BCUT2D eigenvalue weighted by Gasteiger charge is -2.23. The highest BCUT2D eigenvalue weighted by Crippen LogP contribution is 2.30. The number of alkyl halides is 3. The molecule has 80 valence electrons. The van der Waals surface area contributed by atoms with Gasteiger partial charge in [-0.3, -0.25) is 14.6 Å². The van der Waals surface area contributed by atoms with Gasteiger partial charge in [-0.05, 0) is 20.8 Å². The van der Waals surface area contributed by atoms with E-state index >= 15 is 0 Å². The van der Waals surface area contributed by atoms with Crippen LogP contribution >= 0.6 is 0 Å². The van der Waals surface area contributed by atoms with Crippen LogP contribution in [-0.2, 0) is 11.7 Å². The van der Waals surface area contributed by atoms with E-state index in [0.717, 1.165) is 4.68 Å². The van der Waals surface area contributed by atoms with Crippen LogP contribution in [0.3, 0.4) is 0 Å². The van der Waals surface area contributed by atoms with Crippen molar-refractivity contribution in [2.24, 2.45) is 0 Å². The van der Waals surface area contributed by atoms with Gasteiger partial charge >= 0.3 is 6.18 Å². The second-order valence-corrected chi connectivity index (χ2v) is 4.01. The summed E-state index contributed by atoms with van der Waals surface area (Å²) in [6.07, 6.45) is -4.51. The Hall–Kier alpha value is -1.20. The van der Waals surface area contributed by atoms with Gasteiger partial charge < -0.3 is 0 Å². The minimum Gasteiger partial charge on any atom is -0.275 e. The van der Waals surface area contributed by atoms with Crippen molar-refractivity contribution < 1.29 is 13.2 Å². The van der Waals surface area contributed by atoms with Gasteiger partial charge in [-0.15, -0.1) is 0 Å². The van der Waals surface area contributed by atoms with Crippen LogP contribution in [0, 0.1) is 0 Å². The van der Waals surface area contributed by atoms with E-state index in [1.54, 1.807) is 20.8 Å². The Morgan fingerprint density at radius 3 is 2.07 bits per heavy atom. The summed E-state index contributed by atoms with van der Waals surface area (Å²) in [7, 11) is 0. The fourth-order valence-electron chi connectivity index (χ4n) is 1.13. The monoisotopic (exact) mass is 208 g/mol. The maximum absolute atomic E-state index is 12.4. The molecular formula is C8H11F3N2O. The molecule has 0 saturated heterocycles. The number of nitrogens with zero attached hydrogens (tertiary/aromatic N) is 1. The van der Waals surface area contributed by atoms with Crippen LogP contribution in [0.4, 0.5) is 13.2 Å². The summed E-state index contributed by atoms with van der Waals surface area (Å²) in [5, 5.41) is 2.13. The number of aromatic amines is 1. The van der Waals surface area contributed by atoms with E-state index in [1.807, 2.05) is 0 Å². The Labute approximate surface area is 78.5 Å². The third kappa shape index (κ3) is 2.00. The predicted octanol–water partition coefficient (Wildman–Crippen LogP) is 1.95. The number of H-pyrrole nitrogens is 1. The van der Waals surface area contributed by atoms with Crippen molar-refractivity contribution in [3.63, 3.8) is 0 Å². The highest BCUT2D eigenvalue weighted by Gasteiger charge is 2.37. The number of hydrogen-bond acceptors (Lipinski definition) is 1. The Bertz CT molecular complexity index is 346. The van der Waals surface area contributed by atoms with Gasteiger partial charge in [-0.25, -0.2) is 0 Å². The zero-order valence-electron chi connectivity index (χ0n) is 8.07. The highest BCUT2D eigenvalue weighted by molar-refractivity contribution is 5.07. The van der Waals surface area contributed by atoms with Crippen molar-refractivity contribution >= 4 is 0 Å². The van der Waals surface area contributed by atoms with Crippen molar-refractivity contribution in [2.45, 2.75) is 32.5 Å². The third-order valence-corrected chi connectivity index (χ3v) is 1.69. The molecule has 1 rings (SSSR count). The molecule has 0 aliphatic carbocycles. The number of rotatable bonds is 0. The van der Waals surface area contributed by atoms with Crippen LogP contribution in [0.2, 0.25) is 0 Å².